The molecule has 0 aromatic rings. The van der Waals surface area contributed by atoms with E-state index in [0.29, 0.717) is 0 Å². The van der Waals surface area contributed by atoms with E-state index < -0.39 is 36.5 Å². The van der Waals surface area contributed by atoms with Crippen molar-refractivity contribution in [3.8, 4) is 0 Å². The molecule has 1 aliphatic rings. The molecule has 5 atom stereocenters. The van der Waals surface area contributed by atoms with E-state index in [1.165, 1.54) is 0 Å². The van der Waals surface area contributed by atoms with Gasteiger partial charge in [-0.15, -0.1) is 0 Å². The van der Waals surface area contributed by atoms with Crippen LogP contribution in [0.15, 0.2) is 0 Å². The summed E-state index contributed by atoms with van der Waals surface area (Å²) in [7, 11) is 0. The second-order valence-corrected chi connectivity index (χ2v) is 3.16. The Bertz CT molecular complexity index is 155. The van der Waals surface area contributed by atoms with Crippen molar-refractivity contribution in [1.29, 1.82) is 0 Å². The first-order valence-corrected chi connectivity index (χ1v) is 4.01. The van der Waals surface area contributed by atoms with Crippen LogP contribution < -0.4 is 29.6 Å². The normalized spacial score (nSPS) is 45.5. The fourth-order valence-corrected chi connectivity index (χ4v) is 1.37. The third-order valence-corrected chi connectivity index (χ3v) is 2.24. The smallest absolute Gasteiger partial charge is 0.759 e. The standard InChI is InChI=1S/C6H12O5S.Na/c7-1-2-3(8)4(9)5(10)6(12)11-2;/h2-10,12H,1H2;/q;+1/p-1/t2-,3-,4+,5-,6-;/m1./s1. The first-order valence-electron chi connectivity index (χ1n) is 3.54. The Morgan fingerprint density at radius 1 is 1.08 bits per heavy atom. The summed E-state index contributed by atoms with van der Waals surface area (Å²) in [4.78, 5) is 0. The molecule has 0 aromatic heterocycles. The van der Waals surface area contributed by atoms with E-state index in [2.05, 4.69) is 12.6 Å². The van der Waals surface area contributed by atoms with Crippen molar-refractivity contribution in [2.75, 3.05) is 6.61 Å². The minimum Gasteiger partial charge on any atom is -0.759 e. The summed E-state index contributed by atoms with van der Waals surface area (Å²) in [6.07, 6.45) is -4.83. The molecule has 0 unspecified atom stereocenters. The molecule has 0 saturated carbocycles. The van der Waals surface area contributed by atoms with Crippen LogP contribution in [0.25, 0.3) is 0 Å². The number of hydrogen-bond donors (Lipinski definition) is 4. The van der Waals surface area contributed by atoms with Gasteiger partial charge in [0.2, 0.25) is 0 Å². The third-order valence-electron chi connectivity index (χ3n) is 1.85. The Kier molecular flexibility index (Phi) is 6.41. The summed E-state index contributed by atoms with van der Waals surface area (Å²) in [5, 5.41) is 36.1. The minimum atomic E-state index is -1.35. The van der Waals surface area contributed by atoms with E-state index >= 15 is 0 Å². The van der Waals surface area contributed by atoms with Crippen molar-refractivity contribution in [3.05, 3.63) is 0 Å². The molecule has 1 rings (SSSR count). The van der Waals surface area contributed by atoms with Gasteiger partial charge in [-0.2, -0.15) is 0 Å². The number of aliphatic hydroxyl groups excluding tert-OH is 4. The summed E-state index contributed by atoms with van der Waals surface area (Å²) in [6.45, 7) is -0.432. The van der Waals surface area contributed by atoms with Gasteiger partial charge in [-0.3, -0.25) is 0 Å². The first kappa shape index (κ1) is 14.2. The summed E-state index contributed by atoms with van der Waals surface area (Å²) in [6, 6.07) is 0. The molecule has 0 radical (unpaired) electrons. The summed E-state index contributed by atoms with van der Waals surface area (Å²) in [5.41, 5.74) is -0.986. The van der Waals surface area contributed by atoms with Crippen LogP contribution in [0.1, 0.15) is 0 Å². The van der Waals surface area contributed by atoms with Crippen molar-refractivity contribution in [2.45, 2.75) is 29.9 Å². The summed E-state index contributed by atoms with van der Waals surface area (Å²) < 4.78 is 4.84. The van der Waals surface area contributed by atoms with Crippen molar-refractivity contribution < 1.29 is 54.7 Å². The molecule has 4 N–H and O–H groups in total. The molecule has 1 aliphatic heterocycles. The van der Waals surface area contributed by atoms with Crippen molar-refractivity contribution in [2.24, 2.45) is 0 Å². The van der Waals surface area contributed by atoms with Crippen LogP contribution in [0, 0.1) is 0 Å². The maximum Gasteiger partial charge on any atom is 1.00 e. The number of rotatable bonds is 1. The Hall–Kier alpha value is 1.15. The Balaban J connectivity index is 0.00000144. The molecule has 7 heteroatoms. The molecular weight excluding hydrogens is 207 g/mol. The van der Waals surface area contributed by atoms with Crippen LogP contribution in [0.2, 0.25) is 0 Å². The fourth-order valence-electron chi connectivity index (χ4n) is 1.07. The van der Waals surface area contributed by atoms with E-state index in [1.807, 2.05) is 0 Å². The van der Waals surface area contributed by atoms with Crippen LogP contribution in [0.5, 0.6) is 0 Å². The van der Waals surface area contributed by atoms with Gasteiger partial charge in [0, 0.05) is 0 Å². The molecule has 13 heavy (non-hydrogen) atoms. The molecule has 0 amide bonds. The largest absolute Gasteiger partial charge is 1.00 e. The molecule has 0 aromatic carbocycles. The van der Waals surface area contributed by atoms with Gasteiger partial charge in [-0.05, 0) is 5.44 Å². The average molecular weight is 218 g/mol. The second-order valence-electron chi connectivity index (χ2n) is 2.70. The minimum absolute atomic E-state index is 0. The van der Waals surface area contributed by atoms with Crippen LogP contribution in [-0.2, 0) is 17.4 Å². The van der Waals surface area contributed by atoms with Crippen LogP contribution in [0.3, 0.4) is 0 Å². The Morgan fingerprint density at radius 2 is 1.62 bits per heavy atom. The predicted octanol–water partition coefficient (Wildman–Crippen LogP) is -5.66. The summed E-state index contributed by atoms with van der Waals surface area (Å²) in [5.74, 6) is 0. The van der Waals surface area contributed by atoms with Crippen LogP contribution in [0.4, 0.5) is 0 Å². The van der Waals surface area contributed by atoms with Gasteiger partial charge in [0.1, 0.15) is 18.3 Å². The number of aliphatic hydroxyl groups is 4. The van der Waals surface area contributed by atoms with Gasteiger partial charge in [0.15, 0.2) is 0 Å². The fraction of sp³-hybridized carbons (Fsp3) is 1.00. The SMILES string of the molecule is OC[C@H]1O[C@H]([S-])[C@H](O)[C@@H](O)[C@@H]1O.[Na+]. The maximum absolute atomic E-state index is 9.18. The van der Waals surface area contributed by atoms with Crippen molar-refractivity contribution >= 4 is 12.6 Å². The zero-order valence-electron chi connectivity index (χ0n) is 7.20. The van der Waals surface area contributed by atoms with Crippen LogP contribution in [-0.4, -0.2) is 56.9 Å². The second kappa shape index (κ2) is 5.89. The predicted molar refractivity (Wildman–Crippen MR) is 41.1 cm³/mol. The molecule has 0 spiro atoms. The van der Waals surface area contributed by atoms with Gasteiger partial charge in [-0.25, -0.2) is 0 Å². The van der Waals surface area contributed by atoms with E-state index in [9.17, 15) is 5.11 Å². The molecule has 5 nitrogen and oxygen atoms in total. The van der Waals surface area contributed by atoms with Gasteiger partial charge in [0.25, 0.3) is 0 Å². The Labute approximate surface area is 103 Å². The van der Waals surface area contributed by atoms with E-state index in [0.717, 1.165) is 0 Å². The van der Waals surface area contributed by atoms with E-state index in [4.69, 9.17) is 20.1 Å². The van der Waals surface area contributed by atoms with Gasteiger partial charge >= 0.3 is 29.6 Å². The van der Waals surface area contributed by atoms with E-state index in [-0.39, 0.29) is 29.6 Å². The number of hydrogen-bond acceptors (Lipinski definition) is 6. The van der Waals surface area contributed by atoms with Gasteiger partial charge < -0.3 is 37.8 Å². The molecule has 0 bridgehead atoms. The monoisotopic (exact) mass is 218 g/mol. The quantitative estimate of drug-likeness (QED) is 0.259. The van der Waals surface area contributed by atoms with Crippen LogP contribution >= 0.6 is 0 Å². The Morgan fingerprint density at radius 3 is 2.08 bits per heavy atom. The average Bonchev–Trinajstić information content (AvgIpc) is 2.08. The molecular formula is C6H11NaO5S. The van der Waals surface area contributed by atoms with Crippen molar-refractivity contribution in [3.63, 3.8) is 0 Å². The van der Waals surface area contributed by atoms with Gasteiger partial charge in [0.05, 0.1) is 12.7 Å². The zero-order valence-corrected chi connectivity index (χ0v) is 10.0. The molecule has 1 saturated heterocycles. The summed E-state index contributed by atoms with van der Waals surface area (Å²) >= 11 is 4.63. The molecule has 1 fully saturated rings. The molecule has 0 aliphatic carbocycles. The molecule has 1 heterocycles. The first-order chi connectivity index (χ1) is 5.57. The zero-order chi connectivity index (χ0) is 9.30. The van der Waals surface area contributed by atoms with Gasteiger partial charge in [-0.1, -0.05) is 0 Å². The molecule has 72 valence electrons. The number of ether oxygens (including phenoxy) is 1. The van der Waals surface area contributed by atoms with E-state index in [1.54, 1.807) is 0 Å². The maximum atomic E-state index is 9.18. The third kappa shape index (κ3) is 3.05. The topological polar surface area (TPSA) is 90.2 Å². The van der Waals surface area contributed by atoms with Crippen molar-refractivity contribution in [1.82, 2.24) is 0 Å².